The zero-order chi connectivity index (χ0) is 24.3. The van der Waals surface area contributed by atoms with Gasteiger partial charge in [0.1, 0.15) is 11.6 Å². The van der Waals surface area contributed by atoms with Crippen molar-refractivity contribution in [2.75, 3.05) is 0 Å². The number of H-pyrrole nitrogens is 1. The summed E-state index contributed by atoms with van der Waals surface area (Å²) in [6, 6.07) is 39.0. The molecule has 1 aliphatic heterocycles. The number of nitrogens with zero attached hydrogens (tertiary/aromatic N) is 2. The number of benzene rings is 4. The fourth-order valence-electron chi connectivity index (χ4n) is 4.34. The second kappa shape index (κ2) is 9.43. The molecule has 1 aromatic heterocycles. The van der Waals surface area contributed by atoms with Crippen LogP contribution in [0.3, 0.4) is 0 Å². The predicted molar refractivity (Wildman–Crippen MR) is 146 cm³/mol. The highest BCUT2D eigenvalue weighted by atomic mass is 19.1. The zero-order valence-corrected chi connectivity index (χ0v) is 19.4. The van der Waals surface area contributed by atoms with E-state index in [1.807, 2.05) is 54.6 Å². The molecule has 0 unspecified atom stereocenters. The molecule has 36 heavy (non-hydrogen) atoms. The Labute approximate surface area is 209 Å². The molecule has 5 aromatic rings. The van der Waals surface area contributed by atoms with Crippen molar-refractivity contribution in [3.63, 3.8) is 0 Å². The number of aromatic nitrogens is 1. The summed E-state index contributed by atoms with van der Waals surface area (Å²) in [7, 11) is 0. The van der Waals surface area contributed by atoms with E-state index in [0.717, 1.165) is 44.8 Å². The third-order valence-corrected chi connectivity index (χ3v) is 6.16. The Morgan fingerprint density at radius 3 is 1.83 bits per heavy atom. The molecule has 4 aromatic carbocycles. The third kappa shape index (κ3) is 4.32. The number of halogens is 1. The van der Waals surface area contributed by atoms with Crippen LogP contribution in [-0.4, -0.2) is 16.5 Å². The topological polar surface area (TPSA) is 40.5 Å². The number of aromatic amines is 1. The first kappa shape index (κ1) is 21.7. The second-order valence-electron chi connectivity index (χ2n) is 8.54. The normalized spacial score (nSPS) is 14.1. The van der Waals surface area contributed by atoms with Crippen LogP contribution in [0.2, 0.25) is 0 Å². The lowest BCUT2D eigenvalue weighted by Crippen LogP contribution is -1.95. The Morgan fingerprint density at radius 2 is 1.19 bits per heavy atom. The molecule has 2 heterocycles. The van der Waals surface area contributed by atoms with E-state index in [-0.39, 0.29) is 5.82 Å². The summed E-state index contributed by atoms with van der Waals surface area (Å²) < 4.78 is 13.6. The Morgan fingerprint density at radius 1 is 0.611 bits per heavy atom. The summed E-state index contributed by atoms with van der Waals surface area (Å²) in [5, 5.41) is 0. The van der Waals surface area contributed by atoms with Gasteiger partial charge in [-0.05, 0) is 53.1 Å². The maximum Gasteiger partial charge on any atom is 0.162 e. The molecule has 0 atom stereocenters. The minimum Gasteiger partial charge on any atom is -0.339 e. The number of hydrogen-bond acceptors (Lipinski definition) is 1. The highest BCUT2D eigenvalue weighted by Gasteiger charge is 2.20. The molecule has 1 aliphatic rings. The van der Waals surface area contributed by atoms with E-state index in [1.54, 1.807) is 12.1 Å². The van der Waals surface area contributed by atoms with Gasteiger partial charge in [0.25, 0.3) is 0 Å². The summed E-state index contributed by atoms with van der Waals surface area (Å²) in [6.07, 6.45) is 2.09. The number of rotatable bonds is 5. The van der Waals surface area contributed by atoms with Gasteiger partial charge >= 0.3 is 0 Å². The molecule has 0 radical (unpaired) electrons. The smallest absolute Gasteiger partial charge is 0.162 e. The quantitative estimate of drug-likeness (QED) is 0.271. The summed E-state index contributed by atoms with van der Waals surface area (Å²) in [6.45, 7) is 0. The zero-order valence-electron chi connectivity index (χ0n) is 19.4. The van der Waals surface area contributed by atoms with E-state index < -0.39 is 0 Å². The molecular weight excluding hydrogens is 445 g/mol. The maximum atomic E-state index is 13.6. The summed E-state index contributed by atoms with van der Waals surface area (Å²) in [4.78, 5) is 13.5. The van der Waals surface area contributed by atoms with Crippen molar-refractivity contribution < 1.29 is 4.39 Å². The van der Waals surface area contributed by atoms with Crippen molar-refractivity contribution in [2.45, 2.75) is 0 Å². The molecular formula is C32H22FN3. The van der Waals surface area contributed by atoms with Gasteiger partial charge in [0.2, 0.25) is 0 Å². The Kier molecular flexibility index (Phi) is 5.68. The van der Waals surface area contributed by atoms with Crippen LogP contribution in [0.5, 0.6) is 0 Å². The summed E-state index contributed by atoms with van der Waals surface area (Å²) in [5.74, 6) is 1.08. The van der Waals surface area contributed by atoms with Crippen LogP contribution in [0, 0.1) is 5.82 Å². The minimum atomic E-state index is -0.263. The van der Waals surface area contributed by atoms with Crippen LogP contribution in [0.4, 0.5) is 10.2 Å². The Bertz CT molecular complexity index is 1600. The monoisotopic (exact) mass is 467 g/mol. The van der Waals surface area contributed by atoms with Gasteiger partial charge in [0.05, 0.1) is 5.71 Å². The van der Waals surface area contributed by atoms with Crippen LogP contribution in [-0.2, 0) is 0 Å². The van der Waals surface area contributed by atoms with Crippen molar-refractivity contribution in [2.24, 2.45) is 9.98 Å². The van der Waals surface area contributed by atoms with E-state index in [0.29, 0.717) is 11.7 Å². The largest absolute Gasteiger partial charge is 0.339 e. The summed E-state index contributed by atoms with van der Waals surface area (Å²) in [5.41, 5.74) is 7.68. The van der Waals surface area contributed by atoms with Crippen LogP contribution in [0.25, 0.3) is 28.0 Å². The third-order valence-electron chi connectivity index (χ3n) is 6.16. The average Bonchev–Trinajstić information content (AvgIpc) is 3.56. The van der Waals surface area contributed by atoms with E-state index in [2.05, 4.69) is 53.5 Å². The van der Waals surface area contributed by atoms with E-state index in [4.69, 9.17) is 9.98 Å². The highest BCUT2D eigenvalue weighted by Crippen LogP contribution is 2.36. The second-order valence-corrected chi connectivity index (χ2v) is 8.54. The number of allylic oxidation sites excluding steroid dienone is 1. The molecule has 0 fully saturated rings. The van der Waals surface area contributed by atoms with Crippen molar-refractivity contribution in [1.29, 1.82) is 0 Å². The fraction of sp³-hybridized carbons (Fsp3) is 0. The lowest BCUT2D eigenvalue weighted by atomic mass is 10.0. The molecule has 0 saturated carbocycles. The number of amidine groups is 1. The van der Waals surface area contributed by atoms with Crippen LogP contribution >= 0.6 is 0 Å². The Hall–Kier alpha value is -4.83. The number of nitrogens with one attached hydrogen (secondary N) is 1. The molecule has 0 amide bonds. The first-order valence-electron chi connectivity index (χ1n) is 11.8. The molecule has 4 heteroatoms. The Balaban J connectivity index is 1.51. The van der Waals surface area contributed by atoms with Crippen molar-refractivity contribution in [3.8, 4) is 22.4 Å². The van der Waals surface area contributed by atoms with E-state index >= 15 is 0 Å². The van der Waals surface area contributed by atoms with Gasteiger partial charge in [-0.2, -0.15) is 0 Å². The van der Waals surface area contributed by atoms with Crippen molar-refractivity contribution >= 4 is 22.9 Å². The maximum absolute atomic E-state index is 13.6. The minimum absolute atomic E-state index is 0.263. The van der Waals surface area contributed by atoms with Gasteiger partial charge in [0, 0.05) is 22.4 Å². The molecule has 0 bridgehead atoms. The van der Waals surface area contributed by atoms with Crippen LogP contribution in [0.1, 0.15) is 11.1 Å². The molecule has 172 valence electrons. The fourth-order valence-corrected chi connectivity index (χ4v) is 4.34. The van der Waals surface area contributed by atoms with Gasteiger partial charge in [-0.3, -0.25) is 0 Å². The van der Waals surface area contributed by atoms with Gasteiger partial charge in [-0.15, -0.1) is 0 Å². The first-order chi connectivity index (χ1) is 17.7. The average molecular weight is 468 g/mol. The molecule has 0 aliphatic carbocycles. The molecule has 0 spiro atoms. The predicted octanol–water partition coefficient (Wildman–Crippen LogP) is 8.10. The van der Waals surface area contributed by atoms with Crippen molar-refractivity contribution in [1.82, 2.24) is 4.98 Å². The highest BCUT2D eigenvalue weighted by molar-refractivity contribution is 6.38. The lowest BCUT2D eigenvalue weighted by molar-refractivity contribution is 0.628. The summed E-state index contributed by atoms with van der Waals surface area (Å²) >= 11 is 0. The molecule has 6 rings (SSSR count). The molecule has 0 saturated heterocycles. The standard InChI is InChI=1S/C32H22FN3/c33-26-18-16-25(17-19-26)30-21-28(23-12-6-2-7-13-23)32(35-30)36-31-27(22-10-4-1-5-11-22)20-29(34-31)24-14-8-3-9-15-24/h1-21,35H/b36-31-. The molecule has 1 N–H and O–H groups in total. The van der Waals surface area contributed by atoms with E-state index in [1.165, 1.54) is 12.1 Å². The number of hydrogen-bond donors (Lipinski definition) is 1. The van der Waals surface area contributed by atoms with Gasteiger partial charge in [0.15, 0.2) is 5.84 Å². The number of aliphatic imine (C=N–C) groups is 2. The lowest BCUT2D eigenvalue weighted by Gasteiger charge is -2.04. The van der Waals surface area contributed by atoms with Gasteiger partial charge in [-0.1, -0.05) is 91.0 Å². The van der Waals surface area contributed by atoms with Gasteiger partial charge in [-0.25, -0.2) is 14.4 Å². The van der Waals surface area contributed by atoms with Crippen LogP contribution in [0.15, 0.2) is 137 Å². The van der Waals surface area contributed by atoms with E-state index in [9.17, 15) is 4.39 Å². The SMILES string of the molecule is Fc1ccc(-c2cc(-c3ccccc3)c(/N=C3\N=C(c4ccccc4)C=C3c3ccccc3)[nH]2)cc1. The first-order valence-corrected chi connectivity index (χ1v) is 11.8. The van der Waals surface area contributed by atoms with Crippen molar-refractivity contribution in [3.05, 3.63) is 144 Å². The molecule has 3 nitrogen and oxygen atoms in total. The van der Waals surface area contributed by atoms with Gasteiger partial charge < -0.3 is 4.98 Å². The van der Waals surface area contributed by atoms with Crippen LogP contribution < -0.4 is 0 Å².